The molecule has 0 heterocycles. The van der Waals surface area contributed by atoms with Gasteiger partial charge in [-0.05, 0) is 48.7 Å². The van der Waals surface area contributed by atoms with Crippen LogP contribution in [-0.2, 0) is 4.74 Å². The first-order valence-electron chi connectivity index (χ1n) is 4.76. The predicted octanol–water partition coefficient (Wildman–Crippen LogP) is 3.34. The summed E-state index contributed by atoms with van der Waals surface area (Å²) in [6, 6.07) is 3.07. The number of benzene rings is 1. The highest BCUT2D eigenvalue weighted by Crippen LogP contribution is 2.23. The number of carbonyl (C=O) groups is 2. The Kier molecular flexibility index (Phi) is 4.29. The van der Waals surface area contributed by atoms with Gasteiger partial charge in [0.05, 0.1) is 6.26 Å². The number of hydrogen-bond donors (Lipinski definition) is 0. The SMILES string of the molecule is C=COC(=O)Oc1cc(C)c(C(=O)Cl)c(C)c1. The Balaban J connectivity index is 3.02. The van der Waals surface area contributed by atoms with E-state index in [9.17, 15) is 9.59 Å². The summed E-state index contributed by atoms with van der Waals surface area (Å²) in [6.07, 6.45) is 0.0855. The van der Waals surface area contributed by atoms with Crippen LogP contribution in [0.5, 0.6) is 5.75 Å². The van der Waals surface area contributed by atoms with Gasteiger partial charge in [0.2, 0.25) is 0 Å². The fourth-order valence-electron chi connectivity index (χ4n) is 1.48. The average molecular weight is 255 g/mol. The molecule has 90 valence electrons. The summed E-state index contributed by atoms with van der Waals surface area (Å²) < 4.78 is 9.28. The van der Waals surface area contributed by atoms with E-state index in [1.54, 1.807) is 13.8 Å². The van der Waals surface area contributed by atoms with Crippen LogP contribution in [0, 0.1) is 13.8 Å². The van der Waals surface area contributed by atoms with E-state index in [0.29, 0.717) is 16.7 Å². The summed E-state index contributed by atoms with van der Waals surface area (Å²) in [4.78, 5) is 22.2. The molecule has 0 saturated heterocycles. The highest BCUT2D eigenvalue weighted by atomic mass is 35.5. The van der Waals surface area contributed by atoms with E-state index in [1.165, 1.54) is 12.1 Å². The zero-order valence-corrected chi connectivity index (χ0v) is 10.2. The number of hydrogen-bond acceptors (Lipinski definition) is 4. The zero-order chi connectivity index (χ0) is 13.0. The third kappa shape index (κ3) is 3.32. The quantitative estimate of drug-likeness (QED) is 0.359. The van der Waals surface area contributed by atoms with Crippen LogP contribution in [0.25, 0.3) is 0 Å². The molecule has 0 aromatic heterocycles. The van der Waals surface area contributed by atoms with E-state index in [-0.39, 0.29) is 5.75 Å². The van der Waals surface area contributed by atoms with Gasteiger partial charge < -0.3 is 9.47 Å². The fraction of sp³-hybridized carbons (Fsp3) is 0.167. The molecule has 0 aliphatic rings. The molecule has 0 atom stereocenters. The largest absolute Gasteiger partial charge is 0.518 e. The second kappa shape index (κ2) is 5.50. The molecule has 0 unspecified atom stereocenters. The summed E-state index contributed by atoms with van der Waals surface area (Å²) in [6.45, 7) is 6.63. The Morgan fingerprint density at radius 2 is 1.82 bits per heavy atom. The number of aryl methyl sites for hydroxylation is 2. The van der Waals surface area contributed by atoms with Gasteiger partial charge in [-0.25, -0.2) is 4.79 Å². The molecular formula is C12H11ClO4. The van der Waals surface area contributed by atoms with Crippen molar-refractivity contribution in [2.24, 2.45) is 0 Å². The molecule has 0 radical (unpaired) electrons. The van der Waals surface area contributed by atoms with Crippen molar-refractivity contribution in [2.75, 3.05) is 0 Å². The maximum Gasteiger partial charge on any atom is 0.518 e. The highest BCUT2D eigenvalue weighted by molar-refractivity contribution is 6.68. The van der Waals surface area contributed by atoms with E-state index >= 15 is 0 Å². The number of ether oxygens (including phenoxy) is 2. The Labute approximate surface area is 104 Å². The van der Waals surface area contributed by atoms with E-state index in [0.717, 1.165) is 6.26 Å². The minimum absolute atomic E-state index is 0.286. The topological polar surface area (TPSA) is 52.6 Å². The van der Waals surface area contributed by atoms with Crippen molar-refractivity contribution in [3.63, 3.8) is 0 Å². The molecule has 1 aromatic carbocycles. The number of halogens is 1. The van der Waals surface area contributed by atoms with Gasteiger partial charge in [0.25, 0.3) is 5.24 Å². The molecule has 0 spiro atoms. The first-order chi connectivity index (χ1) is 7.95. The Bertz CT molecular complexity index is 456. The second-order valence-corrected chi connectivity index (χ2v) is 3.69. The molecule has 1 aromatic rings. The molecule has 0 N–H and O–H groups in total. The van der Waals surface area contributed by atoms with Crippen molar-refractivity contribution < 1.29 is 19.1 Å². The van der Waals surface area contributed by atoms with Gasteiger partial charge in [-0.1, -0.05) is 6.58 Å². The molecule has 0 amide bonds. The smallest absolute Gasteiger partial charge is 0.403 e. The van der Waals surface area contributed by atoms with Crippen LogP contribution >= 0.6 is 11.6 Å². The Morgan fingerprint density at radius 1 is 1.29 bits per heavy atom. The van der Waals surface area contributed by atoms with Crippen molar-refractivity contribution >= 4 is 23.0 Å². The molecule has 0 bridgehead atoms. The first-order valence-corrected chi connectivity index (χ1v) is 5.14. The van der Waals surface area contributed by atoms with Gasteiger partial charge >= 0.3 is 6.16 Å². The zero-order valence-electron chi connectivity index (χ0n) is 9.45. The van der Waals surface area contributed by atoms with Gasteiger partial charge in [-0.2, -0.15) is 0 Å². The summed E-state index contributed by atoms with van der Waals surface area (Å²) in [5.74, 6) is 0.286. The van der Waals surface area contributed by atoms with E-state index in [4.69, 9.17) is 16.3 Å². The van der Waals surface area contributed by atoms with Crippen LogP contribution < -0.4 is 4.74 Å². The van der Waals surface area contributed by atoms with Gasteiger partial charge in [0.1, 0.15) is 5.75 Å². The molecule has 0 saturated carbocycles. The van der Waals surface area contributed by atoms with Crippen LogP contribution in [0.3, 0.4) is 0 Å². The lowest BCUT2D eigenvalue weighted by atomic mass is 10.0. The van der Waals surface area contributed by atoms with Crippen molar-refractivity contribution in [3.8, 4) is 5.75 Å². The Hall–Kier alpha value is -1.81. The maximum atomic E-state index is 11.1. The molecule has 0 aliphatic carbocycles. The first kappa shape index (κ1) is 13.3. The van der Waals surface area contributed by atoms with E-state index in [2.05, 4.69) is 11.3 Å². The average Bonchev–Trinajstić information content (AvgIpc) is 2.15. The summed E-state index contributed by atoms with van der Waals surface area (Å²) in [5, 5.41) is -0.541. The molecule has 17 heavy (non-hydrogen) atoms. The minimum Gasteiger partial charge on any atom is -0.403 e. The monoisotopic (exact) mass is 254 g/mol. The number of rotatable bonds is 3. The van der Waals surface area contributed by atoms with Crippen LogP contribution in [0.1, 0.15) is 21.5 Å². The normalized spacial score (nSPS) is 9.59. The van der Waals surface area contributed by atoms with Gasteiger partial charge in [0, 0.05) is 5.56 Å². The van der Waals surface area contributed by atoms with Crippen molar-refractivity contribution in [2.45, 2.75) is 13.8 Å². The van der Waals surface area contributed by atoms with Crippen molar-refractivity contribution in [3.05, 3.63) is 41.7 Å². The van der Waals surface area contributed by atoms with Crippen LogP contribution in [0.4, 0.5) is 4.79 Å². The summed E-state index contributed by atoms with van der Waals surface area (Å²) in [7, 11) is 0. The standard InChI is InChI=1S/C12H11ClO4/c1-4-16-12(15)17-9-5-7(2)10(11(13)14)8(3)6-9/h4-6H,1H2,2-3H3. The van der Waals surface area contributed by atoms with Crippen molar-refractivity contribution in [1.29, 1.82) is 0 Å². The van der Waals surface area contributed by atoms with Crippen LogP contribution in [-0.4, -0.2) is 11.4 Å². The molecule has 1 rings (SSSR count). The van der Waals surface area contributed by atoms with Gasteiger partial charge in [-0.3, -0.25) is 4.79 Å². The highest BCUT2D eigenvalue weighted by Gasteiger charge is 2.13. The summed E-state index contributed by atoms with van der Waals surface area (Å²) >= 11 is 5.44. The predicted molar refractivity (Wildman–Crippen MR) is 63.4 cm³/mol. The molecule has 0 aliphatic heterocycles. The van der Waals surface area contributed by atoms with E-state index < -0.39 is 11.4 Å². The lowest BCUT2D eigenvalue weighted by molar-refractivity contribution is 0.108. The minimum atomic E-state index is -0.885. The summed E-state index contributed by atoms with van der Waals surface area (Å²) in [5.41, 5.74) is 1.67. The molecular weight excluding hydrogens is 244 g/mol. The molecule has 5 heteroatoms. The van der Waals surface area contributed by atoms with E-state index in [1.807, 2.05) is 0 Å². The number of carbonyl (C=O) groups excluding carboxylic acids is 2. The lowest BCUT2D eigenvalue weighted by Crippen LogP contribution is -2.08. The Morgan fingerprint density at radius 3 is 2.24 bits per heavy atom. The fourth-order valence-corrected chi connectivity index (χ4v) is 1.78. The molecule has 4 nitrogen and oxygen atoms in total. The van der Waals surface area contributed by atoms with Crippen molar-refractivity contribution in [1.82, 2.24) is 0 Å². The third-order valence-electron chi connectivity index (χ3n) is 2.08. The van der Waals surface area contributed by atoms with Crippen LogP contribution in [0.15, 0.2) is 25.0 Å². The second-order valence-electron chi connectivity index (χ2n) is 3.34. The van der Waals surface area contributed by atoms with Gasteiger partial charge in [-0.15, -0.1) is 0 Å². The lowest BCUT2D eigenvalue weighted by Gasteiger charge is -2.09. The van der Waals surface area contributed by atoms with Gasteiger partial charge in [0.15, 0.2) is 0 Å². The third-order valence-corrected chi connectivity index (χ3v) is 2.27. The molecule has 0 fully saturated rings. The maximum absolute atomic E-state index is 11.1. The van der Waals surface area contributed by atoms with Crippen LogP contribution in [0.2, 0.25) is 0 Å².